The monoisotopic (exact) mass is 315 g/mol. The summed E-state index contributed by atoms with van der Waals surface area (Å²) in [5.41, 5.74) is 2.00. The third-order valence-electron chi connectivity index (χ3n) is 3.36. The highest BCUT2D eigenvalue weighted by atomic mass is 32.1. The number of rotatable bonds is 6. The van der Waals surface area contributed by atoms with Gasteiger partial charge >= 0.3 is 0 Å². The third kappa shape index (κ3) is 3.30. The zero-order chi connectivity index (χ0) is 15.4. The molecule has 7 heteroatoms. The zero-order valence-electron chi connectivity index (χ0n) is 12.3. The van der Waals surface area contributed by atoms with Gasteiger partial charge in [0.25, 0.3) is 0 Å². The standard InChI is InChI=1S/C15H17N5OS/c1-2-14-18-19-15(22-14)9-16-13(21)7-8-20-10-17-11-5-3-4-6-12(11)20/h3-6,10H,2,7-9H2,1H3,(H,16,21). The molecule has 0 saturated heterocycles. The highest BCUT2D eigenvalue weighted by Crippen LogP contribution is 2.12. The number of benzene rings is 1. The van der Waals surface area contributed by atoms with E-state index < -0.39 is 0 Å². The molecule has 0 bridgehead atoms. The van der Waals surface area contributed by atoms with Gasteiger partial charge in [-0.25, -0.2) is 4.98 Å². The summed E-state index contributed by atoms with van der Waals surface area (Å²) >= 11 is 1.54. The van der Waals surface area contributed by atoms with Crippen molar-refractivity contribution in [3.05, 3.63) is 40.6 Å². The van der Waals surface area contributed by atoms with E-state index in [1.807, 2.05) is 35.8 Å². The van der Waals surface area contributed by atoms with Gasteiger partial charge in [0.2, 0.25) is 5.91 Å². The number of nitrogens with one attached hydrogen (secondary N) is 1. The van der Waals surface area contributed by atoms with Crippen LogP contribution in [0.1, 0.15) is 23.4 Å². The summed E-state index contributed by atoms with van der Waals surface area (Å²) in [5, 5.41) is 12.8. The van der Waals surface area contributed by atoms with E-state index in [0.717, 1.165) is 27.5 Å². The quantitative estimate of drug-likeness (QED) is 0.756. The van der Waals surface area contributed by atoms with Gasteiger partial charge in [-0.3, -0.25) is 4.79 Å². The second kappa shape index (κ2) is 6.65. The van der Waals surface area contributed by atoms with Crippen molar-refractivity contribution in [3.8, 4) is 0 Å². The molecule has 2 aromatic heterocycles. The van der Waals surface area contributed by atoms with E-state index in [0.29, 0.717) is 19.5 Å². The third-order valence-corrected chi connectivity index (χ3v) is 4.42. The summed E-state index contributed by atoms with van der Waals surface area (Å²) in [6, 6.07) is 7.90. The molecule has 0 saturated carbocycles. The normalized spacial score (nSPS) is 11.0. The summed E-state index contributed by atoms with van der Waals surface area (Å²) in [4.78, 5) is 16.3. The van der Waals surface area contributed by atoms with Crippen LogP contribution in [-0.4, -0.2) is 25.7 Å². The molecular formula is C15H17N5OS. The van der Waals surface area contributed by atoms with E-state index in [1.54, 1.807) is 17.7 Å². The van der Waals surface area contributed by atoms with Gasteiger partial charge in [-0.1, -0.05) is 30.4 Å². The fourth-order valence-electron chi connectivity index (χ4n) is 2.18. The number of amides is 1. The molecule has 0 unspecified atom stereocenters. The largest absolute Gasteiger partial charge is 0.349 e. The fraction of sp³-hybridized carbons (Fsp3) is 0.333. The van der Waals surface area contributed by atoms with Gasteiger partial charge in [0.15, 0.2) is 0 Å². The highest BCUT2D eigenvalue weighted by Gasteiger charge is 2.07. The van der Waals surface area contributed by atoms with Gasteiger partial charge in [-0.2, -0.15) is 0 Å². The van der Waals surface area contributed by atoms with E-state index in [-0.39, 0.29) is 5.91 Å². The van der Waals surface area contributed by atoms with Crippen LogP contribution in [-0.2, 0) is 24.3 Å². The smallest absolute Gasteiger partial charge is 0.222 e. The molecule has 6 nitrogen and oxygen atoms in total. The number of hydrogen-bond donors (Lipinski definition) is 1. The molecule has 3 rings (SSSR count). The summed E-state index contributed by atoms with van der Waals surface area (Å²) in [7, 11) is 0. The lowest BCUT2D eigenvalue weighted by molar-refractivity contribution is -0.121. The first-order chi connectivity index (χ1) is 10.8. The summed E-state index contributed by atoms with van der Waals surface area (Å²) < 4.78 is 2.00. The van der Waals surface area contributed by atoms with Crippen LogP contribution in [0, 0.1) is 0 Å². The van der Waals surface area contributed by atoms with Gasteiger partial charge in [0.1, 0.15) is 10.0 Å². The predicted molar refractivity (Wildman–Crippen MR) is 85.5 cm³/mol. The van der Waals surface area contributed by atoms with Crippen LogP contribution in [0.5, 0.6) is 0 Å². The first kappa shape index (κ1) is 14.6. The number of fused-ring (bicyclic) bond motifs is 1. The van der Waals surface area contributed by atoms with E-state index in [1.165, 1.54) is 0 Å². The molecule has 0 spiro atoms. The Morgan fingerprint density at radius 3 is 2.91 bits per heavy atom. The Labute approximate surface area is 132 Å². The molecule has 1 N–H and O–H groups in total. The molecule has 0 aliphatic rings. The van der Waals surface area contributed by atoms with Crippen LogP contribution >= 0.6 is 11.3 Å². The van der Waals surface area contributed by atoms with Crippen LogP contribution in [0.4, 0.5) is 0 Å². The van der Waals surface area contributed by atoms with Gasteiger partial charge in [0, 0.05) is 13.0 Å². The molecule has 2 heterocycles. The van der Waals surface area contributed by atoms with Crippen LogP contribution in [0.3, 0.4) is 0 Å². The second-order valence-corrected chi connectivity index (χ2v) is 6.04. The van der Waals surface area contributed by atoms with Crippen LogP contribution < -0.4 is 5.32 Å². The summed E-state index contributed by atoms with van der Waals surface area (Å²) in [5.74, 6) is 0.00558. The van der Waals surface area contributed by atoms with Crippen molar-refractivity contribution in [2.75, 3.05) is 0 Å². The Hall–Kier alpha value is -2.28. The Balaban J connectivity index is 1.52. The predicted octanol–water partition coefficient (Wildman–Crippen LogP) is 2.16. The van der Waals surface area contributed by atoms with Crippen molar-refractivity contribution < 1.29 is 4.79 Å². The number of aryl methyl sites for hydroxylation is 2. The molecule has 22 heavy (non-hydrogen) atoms. The average molecular weight is 315 g/mol. The molecule has 0 fully saturated rings. The lowest BCUT2D eigenvalue weighted by Gasteiger charge is -2.05. The van der Waals surface area contributed by atoms with Crippen molar-refractivity contribution in [1.82, 2.24) is 25.1 Å². The molecule has 3 aromatic rings. The Morgan fingerprint density at radius 2 is 2.09 bits per heavy atom. The number of carbonyl (C=O) groups is 1. The van der Waals surface area contributed by atoms with E-state index >= 15 is 0 Å². The first-order valence-electron chi connectivity index (χ1n) is 7.24. The molecule has 0 aliphatic heterocycles. The fourth-order valence-corrected chi connectivity index (χ4v) is 2.90. The zero-order valence-corrected chi connectivity index (χ0v) is 13.1. The summed E-state index contributed by atoms with van der Waals surface area (Å²) in [6.07, 6.45) is 3.06. The maximum atomic E-state index is 11.9. The number of para-hydroxylation sites is 2. The van der Waals surface area contributed by atoms with Gasteiger partial charge in [-0.15, -0.1) is 10.2 Å². The minimum absolute atomic E-state index is 0.00558. The topological polar surface area (TPSA) is 72.7 Å². The number of hydrogen-bond acceptors (Lipinski definition) is 5. The van der Waals surface area contributed by atoms with Gasteiger partial charge < -0.3 is 9.88 Å². The lowest BCUT2D eigenvalue weighted by atomic mass is 10.3. The van der Waals surface area contributed by atoms with Crippen molar-refractivity contribution in [2.45, 2.75) is 32.9 Å². The van der Waals surface area contributed by atoms with Crippen molar-refractivity contribution in [3.63, 3.8) is 0 Å². The second-order valence-electron chi connectivity index (χ2n) is 4.90. The lowest BCUT2D eigenvalue weighted by Crippen LogP contribution is -2.23. The van der Waals surface area contributed by atoms with E-state index in [9.17, 15) is 4.79 Å². The maximum Gasteiger partial charge on any atom is 0.222 e. The van der Waals surface area contributed by atoms with Crippen molar-refractivity contribution in [1.29, 1.82) is 0 Å². The Bertz CT molecular complexity index is 779. The van der Waals surface area contributed by atoms with Crippen LogP contribution in [0.2, 0.25) is 0 Å². The minimum Gasteiger partial charge on any atom is -0.349 e. The molecule has 0 aliphatic carbocycles. The molecule has 1 amide bonds. The molecule has 114 valence electrons. The molecular weight excluding hydrogens is 298 g/mol. The molecule has 0 radical (unpaired) electrons. The maximum absolute atomic E-state index is 11.9. The number of imidazole rings is 1. The van der Waals surface area contributed by atoms with Crippen LogP contribution in [0.25, 0.3) is 11.0 Å². The van der Waals surface area contributed by atoms with E-state index in [4.69, 9.17) is 0 Å². The van der Waals surface area contributed by atoms with E-state index in [2.05, 4.69) is 20.5 Å². The van der Waals surface area contributed by atoms with Crippen molar-refractivity contribution >= 4 is 28.3 Å². The first-order valence-corrected chi connectivity index (χ1v) is 8.05. The van der Waals surface area contributed by atoms with Gasteiger partial charge in [-0.05, 0) is 18.6 Å². The molecule has 1 aromatic carbocycles. The average Bonchev–Trinajstić information content (AvgIpc) is 3.17. The SMILES string of the molecule is CCc1nnc(CNC(=O)CCn2cnc3ccccc32)s1. The summed E-state index contributed by atoms with van der Waals surface area (Å²) in [6.45, 7) is 3.10. The van der Waals surface area contributed by atoms with Gasteiger partial charge in [0.05, 0.1) is 23.9 Å². The number of aromatic nitrogens is 4. The molecule has 0 atom stereocenters. The number of nitrogens with zero attached hydrogens (tertiary/aromatic N) is 4. The Kier molecular flexibility index (Phi) is 4.43. The van der Waals surface area contributed by atoms with Crippen LogP contribution in [0.15, 0.2) is 30.6 Å². The highest BCUT2D eigenvalue weighted by molar-refractivity contribution is 7.11. The Morgan fingerprint density at radius 1 is 1.27 bits per heavy atom. The number of carbonyl (C=O) groups excluding carboxylic acids is 1. The minimum atomic E-state index is 0.00558. The van der Waals surface area contributed by atoms with Crippen molar-refractivity contribution in [2.24, 2.45) is 0 Å².